The second-order valence-electron chi connectivity index (χ2n) is 2.80. The summed E-state index contributed by atoms with van der Waals surface area (Å²) >= 11 is 1.75. The zero-order valence-corrected chi connectivity index (χ0v) is 9.21. The van der Waals surface area contributed by atoms with Crippen LogP contribution in [0.15, 0.2) is 12.7 Å². The van der Waals surface area contributed by atoms with Gasteiger partial charge in [-0.3, -0.25) is 10.1 Å². The lowest BCUT2D eigenvalue weighted by atomic mass is 10.2. The van der Waals surface area contributed by atoms with E-state index in [0.29, 0.717) is 0 Å². The van der Waals surface area contributed by atoms with E-state index in [9.17, 15) is 4.79 Å². The van der Waals surface area contributed by atoms with Crippen LogP contribution in [0.4, 0.5) is 0 Å². The van der Waals surface area contributed by atoms with Crippen molar-refractivity contribution in [1.29, 1.82) is 0 Å². The fourth-order valence-corrected chi connectivity index (χ4v) is 1.89. The molecule has 1 aliphatic rings. The number of hydrogen-bond donors (Lipinski definition) is 2. The van der Waals surface area contributed by atoms with Crippen molar-refractivity contribution in [2.75, 3.05) is 11.6 Å². The Kier molecular flexibility index (Phi) is 6.20. The highest BCUT2D eigenvalue weighted by atomic mass is 35.5. The van der Waals surface area contributed by atoms with Gasteiger partial charge in [0.05, 0.1) is 6.04 Å². The van der Waals surface area contributed by atoms with Crippen molar-refractivity contribution in [2.45, 2.75) is 19.0 Å². The van der Waals surface area contributed by atoms with Crippen LogP contribution in [-0.4, -0.2) is 29.6 Å². The Balaban J connectivity index is 0.00000144. The van der Waals surface area contributed by atoms with Gasteiger partial charge in [-0.2, -0.15) is 0 Å². The van der Waals surface area contributed by atoms with Gasteiger partial charge < -0.3 is 5.32 Å². The average molecular weight is 223 g/mol. The quantitative estimate of drug-likeness (QED) is 0.693. The van der Waals surface area contributed by atoms with Gasteiger partial charge in [-0.15, -0.1) is 30.7 Å². The lowest BCUT2D eigenvalue weighted by Gasteiger charge is -2.13. The molecule has 2 atom stereocenters. The van der Waals surface area contributed by atoms with Gasteiger partial charge in [0, 0.05) is 17.7 Å². The highest BCUT2D eigenvalue weighted by Gasteiger charge is 2.22. The van der Waals surface area contributed by atoms with E-state index in [1.807, 2.05) is 6.92 Å². The third-order valence-corrected chi connectivity index (χ3v) is 2.70. The molecule has 0 aliphatic carbocycles. The summed E-state index contributed by atoms with van der Waals surface area (Å²) < 4.78 is 0. The maximum Gasteiger partial charge on any atom is 0.238 e. The van der Waals surface area contributed by atoms with E-state index >= 15 is 0 Å². The van der Waals surface area contributed by atoms with Crippen LogP contribution in [0.25, 0.3) is 0 Å². The Hall–Kier alpha value is -0.190. The number of hydrogen-bond acceptors (Lipinski definition) is 3. The predicted molar refractivity (Wildman–Crippen MR) is 59.3 cm³/mol. The molecule has 13 heavy (non-hydrogen) atoms. The number of rotatable bonds is 3. The summed E-state index contributed by atoms with van der Waals surface area (Å²) in [6.45, 7) is 5.51. The number of thioether (sulfide) groups is 1. The summed E-state index contributed by atoms with van der Waals surface area (Å²) in [5.74, 6) is 1.82. The molecule has 5 heteroatoms. The average Bonchev–Trinajstić information content (AvgIpc) is 2.56. The van der Waals surface area contributed by atoms with Crippen molar-refractivity contribution in [2.24, 2.45) is 0 Å². The summed E-state index contributed by atoms with van der Waals surface area (Å²) in [6, 6.07) is 0.0438. The molecule has 1 amide bonds. The first-order valence-electron chi connectivity index (χ1n) is 3.98. The third-order valence-electron chi connectivity index (χ3n) is 1.76. The minimum atomic E-state index is -0.0163. The molecule has 0 spiro atoms. The highest BCUT2D eigenvalue weighted by Crippen LogP contribution is 2.09. The van der Waals surface area contributed by atoms with Gasteiger partial charge in [-0.25, -0.2) is 0 Å². The van der Waals surface area contributed by atoms with Crippen molar-refractivity contribution in [1.82, 2.24) is 10.6 Å². The number of nitrogens with one attached hydrogen (secondary N) is 2. The Labute approximate surface area is 89.1 Å². The molecule has 2 N–H and O–H groups in total. The van der Waals surface area contributed by atoms with Crippen molar-refractivity contribution < 1.29 is 4.79 Å². The topological polar surface area (TPSA) is 41.1 Å². The molecule has 0 aromatic heterocycles. The summed E-state index contributed by atoms with van der Waals surface area (Å²) in [7, 11) is 0. The maximum absolute atomic E-state index is 11.4. The van der Waals surface area contributed by atoms with Gasteiger partial charge in [-0.1, -0.05) is 6.08 Å². The molecular formula is C8H15ClN2OS. The Morgan fingerprint density at radius 1 is 1.85 bits per heavy atom. The zero-order chi connectivity index (χ0) is 8.97. The molecule has 76 valence electrons. The van der Waals surface area contributed by atoms with Crippen LogP contribution < -0.4 is 10.6 Å². The van der Waals surface area contributed by atoms with Crippen LogP contribution >= 0.6 is 24.2 Å². The van der Waals surface area contributed by atoms with Crippen LogP contribution in [0.5, 0.6) is 0 Å². The number of amides is 1. The predicted octanol–water partition coefficient (Wildman–Crippen LogP) is 0.761. The smallest absolute Gasteiger partial charge is 0.238 e. The fraction of sp³-hybridized carbons (Fsp3) is 0.625. The minimum absolute atomic E-state index is 0. The van der Waals surface area contributed by atoms with E-state index in [2.05, 4.69) is 17.2 Å². The molecule has 1 unspecified atom stereocenters. The maximum atomic E-state index is 11.4. The largest absolute Gasteiger partial charge is 0.349 e. The molecule has 1 rings (SSSR count). The molecule has 0 aromatic carbocycles. The molecule has 0 saturated carbocycles. The van der Waals surface area contributed by atoms with Gasteiger partial charge in [0.2, 0.25) is 5.91 Å². The van der Waals surface area contributed by atoms with Crippen molar-refractivity contribution in [3.8, 4) is 0 Å². The first kappa shape index (κ1) is 12.8. The molecule has 1 heterocycles. The van der Waals surface area contributed by atoms with Crippen LogP contribution in [0, 0.1) is 0 Å². The fourth-order valence-electron chi connectivity index (χ4n) is 0.948. The highest BCUT2D eigenvalue weighted by molar-refractivity contribution is 7.99. The Morgan fingerprint density at radius 2 is 2.54 bits per heavy atom. The third kappa shape index (κ3) is 4.02. The molecule has 0 bridgehead atoms. The van der Waals surface area contributed by atoms with Crippen molar-refractivity contribution in [3.63, 3.8) is 0 Å². The minimum Gasteiger partial charge on any atom is -0.349 e. The van der Waals surface area contributed by atoms with Crippen LogP contribution in [-0.2, 0) is 4.79 Å². The Morgan fingerprint density at radius 3 is 3.00 bits per heavy atom. The zero-order valence-electron chi connectivity index (χ0n) is 7.58. The van der Waals surface area contributed by atoms with E-state index in [-0.39, 0.29) is 30.4 Å². The molecular weight excluding hydrogens is 208 g/mol. The summed E-state index contributed by atoms with van der Waals surface area (Å²) in [6.07, 6.45) is 1.72. The van der Waals surface area contributed by atoms with Gasteiger partial charge >= 0.3 is 0 Å². The normalized spacial score (nSPS) is 23.0. The summed E-state index contributed by atoms with van der Waals surface area (Å²) in [5, 5.41) is 5.94. The lowest BCUT2D eigenvalue weighted by molar-refractivity contribution is -0.122. The van der Waals surface area contributed by atoms with Crippen molar-refractivity contribution >= 4 is 30.1 Å². The monoisotopic (exact) mass is 222 g/mol. The first-order valence-corrected chi connectivity index (χ1v) is 5.13. The number of carbonyl (C=O) groups excluding carboxylic acids is 1. The number of halogens is 1. The molecule has 1 aliphatic heterocycles. The lowest BCUT2D eigenvalue weighted by Crippen LogP contribution is -2.44. The molecule has 3 nitrogen and oxygen atoms in total. The molecule has 1 saturated heterocycles. The van der Waals surface area contributed by atoms with Gasteiger partial charge in [-0.05, 0) is 6.92 Å². The van der Waals surface area contributed by atoms with E-state index in [4.69, 9.17) is 0 Å². The van der Waals surface area contributed by atoms with Gasteiger partial charge in [0.1, 0.15) is 0 Å². The van der Waals surface area contributed by atoms with Gasteiger partial charge in [0.15, 0.2) is 0 Å². The van der Waals surface area contributed by atoms with E-state index < -0.39 is 0 Å². The second kappa shape index (κ2) is 6.29. The van der Waals surface area contributed by atoms with Crippen LogP contribution in [0.3, 0.4) is 0 Å². The van der Waals surface area contributed by atoms with Gasteiger partial charge in [0.25, 0.3) is 0 Å². The summed E-state index contributed by atoms with van der Waals surface area (Å²) in [5.41, 5.74) is 0. The van der Waals surface area contributed by atoms with Crippen molar-refractivity contribution in [3.05, 3.63) is 12.7 Å². The standard InChI is InChI=1S/C8H14N2OS.ClH/c1-3-6(2)10-8(11)7-4-12-5-9-7;/h3,6-7,9H,1,4-5H2,2H3,(H,10,11);1H/t6?,7-;/m1./s1. The van der Waals surface area contributed by atoms with E-state index in [1.165, 1.54) is 0 Å². The van der Waals surface area contributed by atoms with E-state index in [1.54, 1.807) is 17.8 Å². The Bertz CT molecular complexity index is 183. The van der Waals surface area contributed by atoms with Crippen LogP contribution in [0.1, 0.15) is 6.92 Å². The molecule has 0 aromatic rings. The molecule has 1 fully saturated rings. The first-order chi connectivity index (χ1) is 5.74. The summed E-state index contributed by atoms with van der Waals surface area (Å²) in [4.78, 5) is 11.4. The van der Waals surface area contributed by atoms with E-state index in [0.717, 1.165) is 11.6 Å². The number of carbonyl (C=O) groups is 1. The SMILES string of the molecule is C=CC(C)NC(=O)[C@H]1CSCN1.Cl. The van der Waals surface area contributed by atoms with Crippen LogP contribution in [0.2, 0.25) is 0 Å². The molecule has 0 radical (unpaired) electrons. The second-order valence-corrected chi connectivity index (χ2v) is 3.84.